The van der Waals surface area contributed by atoms with Gasteiger partial charge in [0.15, 0.2) is 0 Å². The van der Waals surface area contributed by atoms with Gasteiger partial charge in [-0.2, -0.15) is 0 Å². The molecule has 5 heteroatoms. The number of carbonyl (C=O) groups excluding carboxylic acids is 1. The van der Waals surface area contributed by atoms with Crippen molar-refractivity contribution in [3.05, 3.63) is 83.2 Å². The summed E-state index contributed by atoms with van der Waals surface area (Å²) in [6, 6.07) is 14.3. The summed E-state index contributed by atoms with van der Waals surface area (Å²) in [7, 11) is 0. The maximum Gasteiger partial charge on any atom is 0.257 e. The van der Waals surface area contributed by atoms with E-state index >= 15 is 0 Å². The summed E-state index contributed by atoms with van der Waals surface area (Å²) in [6.45, 7) is 0. The van der Waals surface area contributed by atoms with Crippen molar-refractivity contribution >= 4 is 17.5 Å². The van der Waals surface area contributed by atoms with Gasteiger partial charge in [0, 0.05) is 0 Å². The van der Waals surface area contributed by atoms with Crippen molar-refractivity contribution in [3.8, 4) is 0 Å². The minimum atomic E-state index is -0.389. The largest absolute Gasteiger partial charge is 0.467 e. The molecule has 2 heterocycles. The standard InChI is InChI=1S/C16H12ClNO3/c17-15-12(8-10-21-15)16(19)18-14(13-7-4-9-20-13)11-5-2-1-3-6-11/h1-10,14H,(H,18,19). The lowest BCUT2D eigenvalue weighted by atomic mass is 10.0. The topological polar surface area (TPSA) is 55.4 Å². The monoisotopic (exact) mass is 301 g/mol. The van der Waals surface area contributed by atoms with Crippen LogP contribution in [0.15, 0.2) is 69.9 Å². The van der Waals surface area contributed by atoms with Crippen LogP contribution >= 0.6 is 11.6 Å². The van der Waals surface area contributed by atoms with E-state index in [0.717, 1.165) is 5.56 Å². The molecule has 0 saturated carbocycles. The fourth-order valence-electron chi connectivity index (χ4n) is 2.08. The molecule has 2 aromatic heterocycles. The lowest BCUT2D eigenvalue weighted by molar-refractivity contribution is 0.0938. The molecule has 1 aromatic carbocycles. The van der Waals surface area contributed by atoms with Crippen molar-refractivity contribution in [3.63, 3.8) is 0 Å². The zero-order valence-electron chi connectivity index (χ0n) is 11.0. The fraction of sp³-hybridized carbons (Fsp3) is 0.0625. The fourth-order valence-corrected chi connectivity index (χ4v) is 2.28. The minimum Gasteiger partial charge on any atom is -0.467 e. The van der Waals surface area contributed by atoms with Gasteiger partial charge >= 0.3 is 0 Å². The van der Waals surface area contributed by atoms with Crippen molar-refractivity contribution in [2.24, 2.45) is 0 Å². The van der Waals surface area contributed by atoms with Crippen LogP contribution < -0.4 is 5.32 Å². The second kappa shape index (κ2) is 5.89. The summed E-state index contributed by atoms with van der Waals surface area (Å²) in [4.78, 5) is 12.3. The van der Waals surface area contributed by atoms with Gasteiger partial charge in [-0.1, -0.05) is 30.3 Å². The molecule has 1 unspecified atom stereocenters. The normalized spacial score (nSPS) is 12.0. The third-order valence-electron chi connectivity index (χ3n) is 3.10. The van der Waals surface area contributed by atoms with Crippen LogP contribution in [-0.4, -0.2) is 5.91 Å². The predicted octanol–water partition coefficient (Wildman–Crippen LogP) is 4.05. The molecule has 1 atom stereocenters. The van der Waals surface area contributed by atoms with Crippen LogP contribution in [0.4, 0.5) is 0 Å². The number of halogens is 1. The lowest BCUT2D eigenvalue weighted by Gasteiger charge is -2.16. The van der Waals surface area contributed by atoms with Crippen LogP contribution in [0.25, 0.3) is 0 Å². The smallest absolute Gasteiger partial charge is 0.257 e. The van der Waals surface area contributed by atoms with Crippen molar-refractivity contribution in [1.29, 1.82) is 0 Å². The quantitative estimate of drug-likeness (QED) is 0.791. The molecule has 1 N–H and O–H groups in total. The second-order valence-electron chi connectivity index (χ2n) is 4.44. The average molecular weight is 302 g/mol. The Morgan fingerprint density at radius 2 is 1.81 bits per heavy atom. The highest BCUT2D eigenvalue weighted by atomic mass is 35.5. The number of nitrogens with one attached hydrogen (secondary N) is 1. The van der Waals surface area contributed by atoms with Gasteiger partial charge in [0.2, 0.25) is 5.22 Å². The summed E-state index contributed by atoms with van der Waals surface area (Å²) >= 11 is 5.84. The Kier molecular flexibility index (Phi) is 3.79. The van der Waals surface area contributed by atoms with Crippen LogP contribution in [-0.2, 0) is 0 Å². The van der Waals surface area contributed by atoms with Gasteiger partial charge in [-0.3, -0.25) is 4.79 Å². The third-order valence-corrected chi connectivity index (χ3v) is 3.39. The molecule has 0 saturated heterocycles. The summed E-state index contributed by atoms with van der Waals surface area (Å²) < 4.78 is 10.4. The Bertz CT molecular complexity index is 719. The van der Waals surface area contributed by atoms with Crippen molar-refractivity contribution < 1.29 is 13.6 Å². The number of furan rings is 2. The molecule has 0 aliphatic rings. The van der Waals surface area contributed by atoms with E-state index in [2.05, 4.69) is 5.32 Å². The Morgan fingerprint density at radius 3 is 2.43 bits per heavy atom. The number of carbonyl (C=O) groups is 1. The molecule has 1 amide bonds. The zero-order valence-corrected chi connectivity index (χ0v) is 11.7. The summed E-state index contributed by atoms with van der Waals surface area (Å²) in [6.07, 6.45) is 2.95. The first-order valence-corrected chi connectivity index (χ1v) is 6.75. The molecule has 0 aliphatic heterocycles. The van der Waals surface area contributed by atoms with Crippen LogP contribution in [0.5, 0.6) is 0 Å². The first-order valence-electron chi connectivity index (χ1n) is 6.38. The van der Waals surface area contributed by atoms with Crippen LogP contribution in [0, 0.1) is 0 Å². The molecule has 106 valence electrons. The van der Waals surface area contributed by atoms with E-state index in [0.29, 0.717) is 11.3 Å². The molecule has 4 nitrogen and oxygen atoms in total. The predicted molar refractivity (Wildman–Crippen MR) is 78.2 cm³/mol. The highest BCUT2D eigenvalue weighted by molar-refractivity contribution is 6.32. The molecule has 3 rings (SSSR count). The number of hydrogen-bond acceptors (Lipinski definition) is 3. The van der Waals surface area contributed by atoms with Gasteiger partial charge in [-0.15, -0.1) is 0 Å². The number of rotatable bonds is 4. The van der Waals surface area contributed by atoms with Gasteiger partial charge in [-0.25, -0.2) is 0 Å². The molecule has 0 bridgehead atoms. The van der Waals surface area contributed by atoms with E-state index in [9.17, 15) is 4.79 Å². The first kappa shape index (κ1) is 13.5. The van der Waals surface area contributed by atoms with Crippen LogP contribution in [0.3, 0.4) is 0 Å². The highest BCUT2D eigenvalue weighted by Gasteiger charge is 2.22. The van der Waals surface area contributed by atoms with Gasteiger partial charge in [-0.05, 0) is 35.4 Å². The molecular formula is C16H12ClNO3. The Hall–Kier alpha value is -2.46. The van der Waals surface area contributed by atoms with Crippen LogP contribution in [0.2, 0.25) is 5.22 Å². The van der Waals surface area contributed by atoms with Gasteiger partial charge in [0.1, 0.15) is 11.8 Å². The van der Waals surface area contributed by atoms with E-state index in [1.165, 1.54) is 12.3 Å². The molecule has 0 spiro atoms. The number of hydrogen-bond donors (Lipinski definition) is 1. The van der Waals surface area contributed by atoms with Gasteiger partial charge in [0.25, 0.3) is 5.91 Å². The molecule has 3 aromatic rings. The molecule has 0 radical (unpaired) electrons. The van der Waals surface area contributed by atoms with E-state index in [4.69, 9.17) is 20.4 Å². The molecule has 0 fully saturated rings. The van der Waals surface area contributed by atoms with Crippen molar-refractivity contribution in [2.45, 2.75) is 6.04 Å². The summed E-state index contributed by atoms with van der Waals surface area (Å²) in [5.74, 6) is 0.327. The highest BCUT2D eigenvalue weighted by Crippen LogP contribution is 2.24. The molecule has 21 heavy (non-hydrogen) atoms. The Morgan fingerprint density at radius 1 is 1.00 bits per heavy atom. The third kappa shape index (κ3) is 2.85. The van der Waals surface area contributed by atoms with E-state index in [1.54, 1.807) is 12.3 Å². The van der Waals surface area contributed by atoms with E-state index in [1.807, 2.05) is 36.4 Å². The van der Waals surface area contributed by atoms with E-state index < -0.39 is 0 Å². The van der Waals surface area contributed by atoms with Gasteiger partial charge < -0.3 is 14.2 Å². The average Bonchev–Trinajstić information content (AvgIpc) is 3.17. The van der Waals surface area contributed by atoms with Gasteiger partial charge in [0.05, 0.1) is 18.1 Å². The first-order chi connectivity index (χ1) is 10.3. The Labute approximate surface area is 126 Å². The molecular weight excluding hydrogens is 290 g/mol. The van der Waals surface area contributed by atoms with Crippen molar-refractivity contribution in [2.75, 3.05) is 0 Å². The Balaban J connectivity index is 1.91. The number of amides is 1. The van der Waals surface area contributed by atoms with E-state index in [-0.39, 0.29) is 17.2 Å². The maximum atomic E-state index is 12.3. The summed E-state index contributed by atoms with van der Waals surface area (Å²) in [5, 5.41) is 2.97. The summed E-state index contributed by atoms with van der Waals surface area (Å²) in [5.41, 5.74) is 1.21. The molecule has 0 aliphatic carbocycles. The minimum absolute atomic E-state index is 0.0683. The lowest BCUT2D eigenvalue weighted by Crippen LogP contribution is -2.28. The maximum absolute atomic E-state index is 12.3. The number of benzene rings is 1. The van der Waals surface area contributed by atoms with Crippen LogP contribution in [0.1, 0.15) is 27.7 Å². The van der Waals surface area contributed by atoms with Crippen molar-refractivity contribution in [1.82, 2.24) is 5.32 Å². The second-order valence-corrected chi connectivity index (χ2v) is 4.78. The zero-order chi connectivity index (χ0) is 14.7. The SMILES string of the molecule is O=C(NC(c1ccccc1)c1ccco1)c1ccoc1Cl.